The summed E-state index contributed by atoms with van der Waals surface area (Å²) in [6.45, 7) is 13.8. The third-order valence-corrected chi connectivity index (χ3v) is 8.91. The molecule has 3 nitrogen and oxygen atoms in total. The standard InChI is InChI=1S/C30H47NO2/c1-22-11-14-26(33-20-8-19-31)21-25(22)13-12-24-10-7-18-30(5)27(15-16-28(24)30)23(2)9-6-17-29(3,4)32/h12-13,23,26-28,32H,1,6-11,14-18,20-21H2,2-5H3/t23?,26-,27+,28-,30+/m0/s1. The van der Waals surface area contributed by atoms with Crippen LogP contribution in [0.4, 0.5) is 0 Å². The predicted octanol–water partition coefficient (Wildman–Crippen LogP) is 7.67. The molecule has 3 aliphatic rings. The quantitative estimate of drug-likeness (QED) is 0.364. The molecule has 1 unspecified atom stereocenters. The highest BCUT2D eigenvalue weighted by Crippen LogP contribution is 2.60. The van der Waals surface area contributed by atoms with Crippen molar-refractivity contribution in [2.24, 2.45) is 23.2 Å². The van der Waals surface area contributed by atoms with Gasteiger partial charge in [-0.25, -0.2) is 0 Å². The van der Waals surface area contributed by atoms with E-state index in [1.807, 2.05) is 13.8 Å². The molecule has 5 atom stereocenters. The number of fused-ring (bicyclic) bond motifs is 1. The van der Waals surface area contributed by atoms with Crippen LogP contribution >= 0.6 is 0 Å². The zero-order valence-corrected chi connectivity index (χ0v) is 21.7. The van der Waals surface area contributed by atoms with E-state index in [2.05, 4.69) is 38.6 Å². The molecule has 3 saturated carbocycles. The first kappa shape index (κ1) is 26.2. The largest absolute Gasteiger partial charge is 0.390 e. The summed E-state index contributed by atoms with van der Waals surface area (Å²) in [6, 6.07) is 2.17. The van der Waals surface area contributed by atoms with Crippen molar-refractivity contribution >= 4 is 0 Å². The molecule has 0 heterocycles. The van der Waals surface area contributed by atoms with Gasteiger partial charge in [0, 0.05) is 0 Å². The number of nitriles is 1. The molecule has 184 valence electrons. The summed E-state index contributed by atoms with van der Waals surface area (Å²) < 4.78 is 5.93. The average molecular weight is 454 g/mol. The molecule has 0 aromatic heterocycles. The van der Waals surface area contributed by atoms with Gasteiger partial charge in [0.15, 0.2) is 0 Å². The van der Waals surface area contributed by atoms with Crippen LogP contribution < -0.4 is 0 Å². The lowest BCUT2D eigenvalue weighted by molar-refractivity contribution is 0.0478. The Bertz CT molecular complexity index is 780. The summed E-state index contributed by atoms with van der Waals surface area (Å²) in [5, 5.41) is 18.9. The zero-order chi connectivity index (χ0) is 24.1. The predicted molar refractivity (Wildman–Crippen MR) is 137 cm³/mol. The molecule has 0 amide bonds. The van der Waals surface area contributed by atoms with Crippen LogP contribution in [0.1, 0.15) is 105 Å². The molecule has 0 bridgehead atoms. The fourth-order valence-electron chi connectivity index (χ4n) is 7.07. The minimum Gasteiger partial charge on any atom is -0.390 e. The summed E-state index contributed by atoms with van der Waals surface area (Å²) in [7, 11) is 0. The van der Waals surface area contributed by atoms with Crippen molar-refractivity contribution in [2.75, 3.05) is 6.61 Å². The van der Waals surface area contributed by atoms with E-state index in [0.717, 1.165) is 43.9 Å². The van der Waals surface area contributed by atoms with Crippen LogP contribution in [0.3, 0.4) is 0 Å². The van der Waals surface area contributed by atoms with Crippen molar-refractivity contribution in [2.45, 2.75) is 116 Å². The summed E-state index contributed by atoms with van der Waals surface area (Å²) in [4.78, 5) is 0. The van der Waals surface area contributed by atoms with Crippen molar-refractivity contribution in [3.63, 3.8) is 0 Å². The Morgan fingerprint density at radius 2 is 2.06 bits per heavy atom. The highest BCUT2D eigenvalue weighted by atomic mass is 16.5. The zero-order valence-electron chi connectivity index (χ0n) is 21.7. The summed E-state index contributed by atoms with van der Waals surface area (Å²) in [5.41, 5.74) is 4.14. The van der Waals surface area contributed by atoms with Gasteiger partial charge in [0.25, 0.3) is 0 Å². The average Bonchev–Trinajstić information content (AvgIpc) is 3.10. The van der Waals surface area contributed by atoms with Crippen LogP contribution in [0.2, 0.25) is 0 Å². The Morgan fingerprint density at radius 1 is 1.27 bits per heavy atom. The molecule has 0 aliphatic heterocycles. The van der Waals surface area contributed by atoms with Gasteiger partial charge in [-0.05, 0) is 100 Å². The molecule has 0 aromatic carbocycles. The monoisotopic (exact) mass is 453 g/mol. The summed E-state index contributed by atoms with van der Waals surface area (Å²) in [5.74, 6) is 2.23. The number of hydrogen-bond acceptors (Lipinski definition) is 3. The van der Waals surface area contributed by atoms with Gasteiger partial charge in [-0.3, -0.25) is 0 Å². The number of nitrogens with zero attached hydrogens (tertiary/aromatic N) is 1. The van der Waals surface area contributed by atoms with E-state index in [4.69, 9.17) is 10.00 Å². The topological polar surface area (TPSA) is 53.2 Å². The molecule has 3 rings (SSSR count). The fourth-order valence-corrected chi connectivity index (χ4v) is 7.07. The smallest absolute Gasteiger partial charge is 0.0645 e. The number of ether oxygens (including phenoxy) is 1. The number of aliphatic hydroxyl groups is 1. The van der Waals surface area contributed by atoms with Crippen molar-refractivity contribution in [1.82, 2.24) is 0 Å². The minimum absolute atomic E-state index is 0.228. The first-order valence-electron chi connectivity index (χ1n) is 13.4. The Kier molecular flexibility index (Phi) is 9.04. The van der Waals surface area contributed by atoms with Crippen molar-refractivity contribution in [3.05, 3.63) is 35.5 Å². The summed E-state index contributed by atoms with van der Waals surface area (Å²) >= 11 is 0. The first-order chi connectivity index (χ1) is 15.6. The van der Waals surface area contributed by atoms with Crippen LogP contribution in [0, 0.1) is 34.5 Å². The molecule has 1 N–H and O–H groups in total. The van der Waals surface area contributed by atoms with Gasteiger partial charge in [0.2, 0.25) is 0 Å². The normalized spacial score (nSPS) is 33.8. The van der Waals surface area contributed by atoms with E-state index in [-0.39, 0.29) is 6.10 Å². The molecule has 0 aromatic rings. The van der Waals surface area contributed by atoms with Crippen LogP contribution in [-0.4, -0.2) is 23.4 Å². The van der Waals surface area contributed by atoms with E-state index in [1.165, 1.54) is 49.7 Å². The van der Waals surface area contributed by atoms with E-state index < -0.39 is 5.60 Å². The first-order valence-corrected chi connectivity index (χ1v) is 13.4. The maximum absolute atomic E-state index is 10.1. The maximum atomic E-state index is 10.1. The maximum Gasteiger partial charge on any atom is 0.0645 e. The van der Waals surface area contributed by atoms with Crippen molar-refractivity contribution in [1.29, 1.82) is 5.26 Å². The van der Waals surface area contributed by atoms with E-state index in [0.29, 0.717) is 24.4 Å². The lowest BCUT2D eigenvalue weighted by Gasteiger charge is -2.44. The molecular weight excluding hydrogens is 406 g/mol. The number of rotatable bonds is 9. The molecule has 3 fully saturated rings. The molecule has 3 aliphatic carbocycles. The van der Waals surface area contributed by atoms with Gasteiger partial charge in [0.05, 0.1) is 30.8 Å². The SMILES string of the molecule is C=C1CC[C@H](OCCC#N)CC1=CC=C1CCC[C@]2(C)[C@@H](C(C)CCCC(C)(C)O)CC[C@@H]12. The third-order valence-electron chi connectivity index (χ3n) is 8.91. The Hall–Kier alpha value is -1.37. The lowest BCUT2D eigenvalue weighted by atomic mass is 9.60. The van der Waals surface area contributed by atoms with Gasteiger partial charge < -0.3 is 9.84 Å². The Balaban J connectivity index is 1.65. The Labute approximate surface area is 203 Å². The van der Waals surface area contributed by atoms with Gasteiger partial charge >= 0.3 is 0 Å². The highest BCUT2D eigenvalue weighted by Gasteiger charge is 2.50. The van der Waals surface area contributed by atoms with Crippen molar-refractivity contribution in [3.8, 4) is 6.07 Å². The van der Waals surface area contributed by atoms with E-state index in [9.17, 15) is 5.11 Å². The number of hydrogen-bond donors (Lipinski definition) is 1. The van der Waals surface area contributed by atoms with Crippen molar-refractivity contribution < 1.29 is 9.84 Å². The number of allylic oxidation sites excluding steroid dienone is 4. The molecule has 0 spiro atoms. The lowest BCUT2D eigenvalue weighted by Crippen LogP contribution is -2.36. The molecule has 0 saturated heterocycles. The second kappa shape index (κ2) is 11.4. The van der Waals surface area contributed by atoms with Gasteiger partial charge in [-0.1, -0.05) is 56.6 Å². The summed E-state index contributed by atoms with van der Waals surface area (Å²) in [6.07, 6.45) is 18.3. The third kappa shape index (κ3) is 6.83. The molecule has 33 heavy (non-hydrogen) atoms. The highest BCUT2D eigenvalue weighted by molar-refractivity contribution is 5.36. The van der Waals surface area contributed by atoms with Gasteiger partial charge in [0.1, 0.15) is 0 Å². The van der Waals surface area contributed by atoms with Crippen LogP contribution in [0.5, 0.6) is 0 Å². The molecule has 0 radical (unpaired) electrons. The van der Waals surface area contributed by atoms with Crippen LogP contribution in [0.15, 0.2) is 35.5 Å². The van der Waals surface area contributed by atoms with Crippen LogP contribution in [-0.2, 0) is 4.74 Å². The fraction of sp³-hybridized carbons (Fsp3) is 0.767. The Morgan fingerprint density at radius 3 is 2.79 bits per heavy atom. The molecule has 3 heteroatoms. The van der Waals surface area contributed by atoms with Gasteiger partial charge in [-0.2, -0.15) is 5.26 Å². The second-order valence-electron chi connectivity index (χ2n) is 12.0. The van der Waals surface area contributed by atoms with Gasteiger partial charge in [-0.15, -0.1) is 0 Å². The van der Waals surface area contributed by atoms with E-state index in [1.54, 1.807) is 5.57 Å². The van der Waals surface area contributed by atoms with Crippen LogP contribution in [0.25, 0.3) is 0 Å². The second-order valence-corrected chi connectivity index (χ2v) is 12.0. The molecular formula is C30H47NO2. The van der Waals surface area contributed by atoms with E-state index >= 15 is 0 Å². The minimum atomic E-state index is -0.543.